The molecule has 13 heteroatoms. The molecule has 0 aromatic carbocycles. The fourth-order valence-corrected chi connectivity index (χ4v) is 2.21. The summed E-state index contributed by atoms with van der Waals surface area (Å²) in [4.78, 5) is 23.6. The first-order chi connectivity index (χ1) is 17.0. The highest BCUT2D eigenvalue weighted by Gasteiger charge is 2.03. The van der Waals surface area contributed by atoms with Gasteiger partial charge in [0, 0.05) is 13.1 Å². The summed E-state index contributed by atoms with van der Waals surface area (Å²) in [6.07, 6.45) is 0. The van der Waals surface area contributed by atoms with Gasteiger partial charge < -0.3 is 53.2 Å². The molecular formula is C22H44N2O11. The zero-order valence-electron chi connectivity index (χ0n) is 21.2. The molecule has 0 rings (SSSR count). The van der Waals surface area contributed by atoms with Crippen LogP contribution < -0.4 is 5.32 Å². The van der Waals surface area contributed by atoms with E-state index < -0.39 is 18.5 Å². The van der Waals surface area contributed by atoms with Crippen molar-refractivity contribution in [3.05, 3.63) is 0 Å². The van der Waals surface area contributed by atoms with Crippen molar-refractivity contribution in [2.24, 2.45) is 0 Å². The van der Waals surface area contributed by atoms with Crippen LogP contribution in [0.5, 0.6) is 0 Å². The van der Waals surface area contributed by atoms with Crippen molar-refractivity contribution in [1.29, 1.82) is 0 Å². The van der Waals surface area contributed by atoms with Crippen molar-refractivity contribution in [2.75, 3.05) is 133 Å². The van der Waals surface area contributed by atoms with Crippen LogP contribution in [0, 0.1) is 0 Å². The Bertz CT molecular complexity index is 484. The molecule has 0 aliphatic carbocycles. The predicted molar refractivity (Wildman–Crippen MR) is 126 cm³/mol. The van der Waals surface area contributed by atoms with E-state index in [4.69, 9.17) is 38.3 Å². The van der Waals surface area contributed by atoms with Crippen LogP contribution in [0.2, 0.25) is 0 Å². The number of carbonyl (C=O) groups excluding carboxylic acids is 1. The molecule has 0 aliphatic heterocycles. The zero-order chi connectivity index (χ0) is 25.8. The van der Waals surface area contributed by atoms with Crippen LogP contribution in [0.15, 0.2) is 0 Å². The number of ether oxygens (including phenoxy) is 8. The minimum absolute atomic E-state index is 0.293. The van der Waals surface area contributed by atoms with E-state index in [1.807, 2.05) is 14.1 Å². The standard InChI is InChI=1S/C22H44N2O11/c1-24(2)4-6-29-8-10-31-12-14-33-16-18-34-17-15-32-13-11-30-9-7-28-5-3-23-21(25)19-35-20-22(26)27/h3-20H2,1-2H3,(H,23,25)(H,26,27). The monoisotopic (exact) mass is 512 g/mol. The second-order valence-electron chi connectivity index (χ2n) is 7.33. The van der Waals surface area contributed by atoms with Gasteiger partial charge in [-0.05, 0) is 14.1 Å². The maximum Gasteiger partial charge on any atom is 0.329 e. The Morgan fingerprint density at radius 3 is 1.31 bits per heavy atom. The lowest BCUT2D eigenvalue weighted by molar-refractivity contribution is -0.143. The van der Waals surface area contributed by atoms with Crippen LogP contribution in [0.4, 0.5) is 0 Å². The normalized spacial score (nSPS) is 11.3. The first-order valence-electron chi connectivity index (χ1n) is 11.8. The van der Waals surface area contributed by atoms with E-state index in [0.717, 1.165) is 6.54 Å². The van der Waals surface area contributed by atoms with Crippen LogP contribution in [0.1, 0.15) is 0 Å². The van der Waals surface area contributed by atoms with E-state index in [9.17, 15) is 9.59 Å². The summed E-state index contributed by atoms with van der Waals surface area (Å²) in [5.41, 5.74) is 0. The van der Waals surface area contributed by atoms with Gasteiger partial charge in [0.15, 0.2) is 0 Å². The minimum atomic E-state index is -1.12. The summed E-state index contributed by atoms with van der Waals surface area (Å²) in [5, 5.41) is 10.9. The summed E-state index contributed by atoms with van der Waals surface area (Å²) >= 11 is 0. The van der Waals surface area contributed by atoms with Gasteiger partial charge in [0.1, 0.15) is 13.2 Å². The highest BCUT2D eigenvalue weighted by molar-refractivity contribution is 5.77. The molecule has 0 heterocycles. The molecule has 0 fully saturated rings. The molecule has 1 amide bonds. The van der Waals surface area contributed by atoms with Gasteiger partial charge in [0.2, 0.25) is 5.91 Å². The van der Waals surface area contributed by atoms with Gasteiger partial charge >= 0.3 is 5.97 Å². The minimum Gasteiger partial charge on any atom is -0.480 e. The van der Waals surface area contributed by atoms with Gasteiger partial charge in [0.25, 0.3) is 0 Å². The number of nitrogens with zero attached hydrogens (tertiary/aromatic N) is 1. The van der Waals surface area contributed by atoms with Gasteiger partial charge in [-0.25, -0.2) is 4.79 Å². The number of hydrogen-bond acceptors (Lipinski definition) is 11. The average Bonchev–Trinajstić information content (AvgIpc) is 2.81. The van der Waals surface area contributed by atoms with Crippen molar-refractivity contribution < 1.29 is 52.6 Å². The van der Waals surface area contributed by atoms with Gasteiger partial charge in [-0.1, -0.05) is 0 Å². The van der Waals surface area contributed by atoms with Crippen molar-refractivity contribution in [1.82, 2.24) is 10.2 Å². The number of likely N-dealkylation sites (N-methyl/N-ethyl adjacent to an activating group) is 1. The second kappa shape index (κ2) is 27.2. The number of carboxylic acids is 1. The van der Waals surface area contributed by atoms with Crippen LogP contribution in [0.3, 0.4) is 0 Å². The van der Waals surface area contributed by atoms with Crippen molar-refractivity contribution in [3.63, 3.8) is 0 Å². The molecule has 2 N–H and O–H groups in total. The Balaban J connectivity index is 3.10. The molecule has 0 unspecified atom stereocenters. The van der Waals surface area contributed by atoms with Crippen LogP contribution in [-0.4, -0.2) is 155 Å². The molecule has 0 saturated carbocycles. The van der Waals surface area contributed by atoms with E-state index in [0.29, 0.717) is 99.0 Å². The first-order valence-corrected chi connectivity index (χ1v) is 11.8. The Morgan fingerprint density at radius 2 is 0.943 bits per heavy atom. The van der Waals surface area contributed by atoms with Gasteiger partial charge in [-0.3, -0.25) is 4.79 Å². The quantitative estimate of drug-likeness (QED) is 0.123. The zero-order valence-corrected chi connectivity index (χ0v) is 21.2. The molecule has 13 nitrogen and oxygen atoms in total. The lowest BCUT2D eigenvalue weighted by atomic mass is 10.6. The van der Waals surface area contributed by atoms with E-state index in [1.54, 1.807) is 0 Å². The molecular weight excluding hydrogens is 468 g/mol. The van der Waals surface area contributed by atoms with E-state index in [1.165, 1.54) is 0 Å². The van der Waals surface area contributed by atoms with E-state index in [-0.39, 0.29) is 6.61 Å². The van der Waals surface area contributed by atoms with Crippen molar-refractivity contribution in [2.45, 2.75) is 0 Å². The van der Waals surface area contributed by atoms with Crippen LogP contribution in [-0.2, 0) is 47.5 Å². The average molecular weight is 513 g/mol. The molecule has 0 aliphatic rings. The fourth-order valence-electron chi connectivity index (χ4n) is 2.21. The summed E-state index contributed by atoms with van der Waals surface area (Å²) in [7, 11) is 4.02. The largest absolute Gasteiger partial charge is 0.480 e. The number of amides is 1. The van der Waals surface area contributed by atoms with Gasteiger partial charge in [0.05, 0.1) is 92.5 Å². The third-order valence-electron chi connectivity index (χ3n) is 3.94. The van der Waals surface area contributed by atoms with Gasteiger partial charge in [-0.15, -0.1) is 0 Å². The summed E-state index contributed by atoms with van der Waals surface area (Å²) in [6.45, 7) is 7.36. The molecule has 0 aromatic rings. The maximum absolute atomic E-state index is 11.3. The maximum atomic E-state index is 11.3. The topological polar surface area (TPSA) is 143 Å². The van der Waals surface area contributed by atoms with Crippen molar-refractivity contribution >= 4 is 11.9 Å². The highest BCUT2D eigenvalue weighted by atomic mass is 16.6. The van der Waals surface area contributed by atoms with Gasteiger partial charge in [-0.2, -0.15) is 0 Å². The SMILES string of the molecule is CN(C)CCOCCOCCOCCOCCOCCOCCOCCNC(=O)COCC(=O)O. The van der Waals surface area contributed by atoms with E-state index >= 15 is 0 Å². The van der Waals surface area contributed by atoms with Crippen molar-refractivity contribution in [3.8, 4) is 0 Å². The van der Waals surface area contributed by atoms with E-state index in [2.05, 4.69) is 15.0 Å². The highest BCUT2D eigenvalue weighted by Crippen LogP contribution is 1.86. The number of hydrogen-bond donors (Lipinski definition) is 2. The van der Waals surface area contributed by atoms with Crippen LogP contribution in [0.25, 0.3) is 0 Å². The fraction of sp³-hybridized carbons (Fsp3) is 0.909. The number of carbonyl (C=O) groups is 2. The lowest BCUT2D eigenvalue weighted by Crippen LogP contribution is -2.31. The first kappa shape index (κ1) is 33.6. The molecule has 0 aromatic heterocycles. The molecule has 0 saturated heterocycles. The summed E-state index contributed by atoms with van der Waals surface area (Å²) < 4.78 is 42.4. The third-order valence-corrected chi connectivity index (χ3v) is 3.94. The van der Waals surface area contributed by atoms with Crippen LogP contribution >= 0.6 is 0 Å². The molecule has 0 bridgehead atoms. The smallest absolute Gasteiger partial charge is 0.329 e. The molecule has 0 atom stereocenters. The number of carboxylic acid groups (broad SMARTS) is 1. The Labute approximate surface area is 208 Å². The summed E-state index contributed by atoms with van der Waals surface area (Å²) in [6, 6.07) is 0. The lowest BCUT2D eigenvalue weighted by Gasteiger charge is -2.10. The molecule has 0 radical (unpaired) electrons. The molecule has 0 spiro atoms. The second-order valence-corrected chi connectivity index (χ2v) is 7.33. The molecule has 208 valence electrons. The third kappa shape index (κ3) is 30.5. The Hall–Kier alpha value is -1.42. The molecule has 35 heavy (non-hydrogen) atoms. The Morgan fingerprint density at radius 1 is 0.571 bits per heavy atom. The number of aliphatic carboxylic acids is 1. The number of nitrogens with one attached hydrogen (secondary N) is 1. The summed E-state index contributed by atoms with van der Waals surface area (Å²) in [5.74, 6) is -1.51. The Kier molecular flexibility index (Phi) is 26.1. The predicted octanol–water partition coefficient (Wildman–Crippen LogP) is -1.12. The number of rotatable bonds is 28.